The minimum absolute atomic E-state index is 0.129. The van der Waals surface area contributed by atoms with Crippen LogP contribution in [0.15, 0.2) is 33.3 Å². The third-order valence-electron chi connectivity index (χ3n) is 4.71. The van der Waals surface area contributed by atoms with Crippen LogP contribution in [0.5, 0.6) is 0 Å². The summed E-state index contributed by atoms with van der Waals surface area (Å²) in [6.45, 7) is 6.31. The van der Waals surface area contributed by atoms with E-state index in [0.29, 0.717) is 6.07 Å². The fourth-order valence-electron chi connectivity index (χ4n) is 3.10. The highest BCUT2D eigenvalue weighted by atomic mass is 19.3. The number of allylic oxidation sites excluding steroid dienone is 1. The topological polar surface area (TPSA) is 72.3 Å². The first-order valence-electron chi connectivity index (χ1n) is 8.35. The van der Waals surface area contributed by atoms with Gasteiger partial charge in [0, 0.05) is 42.2 Å². The average Bonchev–Trinajstić information content (AvgIpc) is 2.64. The molecule has 2 rings (SSSR count). The number of amidine groups is 1. The zero-order valence-corrected chi connectivity index (χ0v) is 16.1. The third kappa shape index (κ3) is 3.46. The Morgan fingerprint density at radius 1 is 1.25 bits per heavy atom. The number of rotatable bonds is 4. The molecule has 1 heterocycles. The average molecular weight is 398 g/mol. The van der Waals surface area contributed by atoms with Crippen molar-refractivity contribution >= 4 is 24.3 Å². The molecule has 28 heavy (non-hydrogen) atoms. The Morgan fingerprint density at radius 2 is 1.89 bits per heavy atom. The minimum Gasteiger partial charge on any atom is -0.385 e. The van der Waals surface area contributed by atoms with Gasteiger partial charge in [0.15, 0.2) is 5.54 Å². The summed E-state index contributed by atoms with van der Waals surface area (Å²) in [5.41, 5.74) is 0.662. The number of nitrogens with zero attached hydrogens (tertiary/aromatic N) is 3. The lowest BCUT2D eigenvalue weighted by Gasteiger charge is -2.42. The lowest BCUT2D eigenvalue weighted by molar-refractivity contribution is -0.214. The quantitative estimate of drug-likeness (QED) is 0.620. The van der Waals surface area contributed by atoms with Crippen molar-refractivity contribution in [1.82, 2.24) is 0 Å². The number of alkyl halides is 2. The third-order valence-corrected chi connectivity index (χ3v) is 4.71. The van der Waals surface area contributed by atoms with E-state index in [1.54, 1.807) is 0 Å². The summed E-state index contributed by atoms with van der Waals surface area (Å²) in [7, 11) is 1.44. The zero-order chi connectivity index (χ0) is 21.3. The molecule has 1 aliphatic heterocycles. The SMILES string of the molecule is C=NC=C(C=NC)c1cc(C2(C)N=C(N)COC(C)(C)C2(F)F)c(F)cc1F. The molecule has 0 saturated carbocycles. The lowest BCUT2D eigenvalue weighted by atomic mass is 9.77. The second-order valence-electron chi connectivity index (χ2n) is 7.01. The Bertz CT molecular complexity index is 877. The highest BCUT2D eigenvalue weighted by Crippen LogP contribution is 2.51. The van der Waals surface area contributed by atoms with Gasteiger partial charge >= 0.3 is 5.92 Å². The Balaban J connectivity index is 2.85. The van der Waals surface area contributed by atoms with Gasteiger partial charge in [-0.05, 0) is 33.6 Å². The van der Waals surface area contributed by atoms with E-state index >= 15 is 8.78 Å². The number of hydrogen-bond donors (Lipinski definition) is 1. The van der Waals surface area contributed by atoms with E-state index in [4.69, 9.17) is 10.5 Å². The standard InChI is InChI=1S/C19H22F4N4O/c1-17(2)19(22,23)18(3,27-16(24)10-28-17)13-6-12(14(20)7-15(13)21)11(8-25-4)9-26-5/h6-9H,4,10H2,1-3,5H3,(H2,24,27). The van der Waals surface area contributed by atoms with E-state index in [-0.39, 0.29) is 23.6 Å². The second-order valence-corrected chi connectivity index (χ2v) is 7.01. The van der Waals surface area contributed by atoms with Gasteiger partial charge in [-0.1, -0.05) is 0 Å². The predicted molar refractivity (Wildman–Crippen MR) is 102 cm³/mol. The Kier molecular flexibility index (Phi) is 5.79. The van der Waals surface area contributed by atoms with Crippen LogP contribution in [0.3, 0.4) is 0 Å². The van der Waals surface area contributed by atoms with Crippen LogP contribution >= 0.6 is 0 Å². The minimum atomic E-state index is -3.68. The van der Waals surface area contributed by atoms with Crippen LogP contribution in [0.2, 0.25) is 0 Å². The molecule has 2 N–H and O–H groups in total. The van der Waals surface area contributed by atoms with Gasteiger partial charge in [0.2, 0.25) is 0 Å². The molecule has 9 heteroatoms. The number of ether oxygens (including phenoxy) is 1. The molecule has 0 aliphatic carbocycles. The lowest BCUT2D eigenvalue weighted by Crippen LogP contribution is -2.56. The van der Waals surface area contributed by atoms with Crippen LogP contribution in [-0.2, 0) is 10.3 Å². The van der Waals surface area contributed by atoms with Gasteiger partial charge in [-0.2, -0.15) is 0 Å². The molecule has 0 saturated heterocycles. The van der Waals surface area contributed by atoms with Gasteiger partial charge in [-0.25, -0.2) is 17.6 Å². The Hall–Kier alpha value is -2.55. The summed E-state index contributed by atoms with van der Waals surface area (Å²) in [5, 5.41) is 0. The van der Waals surface area contributed by atoms with Gasteiger partial charge in [0.1, 0.15) is 29.7 Å². The van der Waals surface area contributed by atoms with Crippen LogP contribution in [0.4, 0.5) is 17.6 Å². The van der Waals surface area contributed by atoms with Crippen LogP contribution in [0.25, 0.3) is 5.57 Å². The molecule has 152 valence electrons. The smallest absolute Gasteiger partial charge is 0.304 e. The number of nitrogens with two attached hydrogens (primary N) is 1. The van der Waals surface area contributed by atoms with Crippen molar-refractivity contribution in [3.63, 3.8) is 0 Å². The summed E-state index contributed by atoms with van der Waals surface area (Å²) < 4.78 is 65.3. The van der Waals surface area contributed by atoms with Gasteiger partial charge < -0.3 is 10.5 Å². The van der Waals surface area contributed by atoms with E-state index in [9.17, 15) is 8.78 Å². The van der Waals surface area contributed by atoms with Gasteiger partial charge in [0.25, 0.3) is 0 Å². The van der Waals surface area contributed by atoms with Crippen LogP contribution < -0.4 is 5.73 Å². The van der Waals surface area contributed by atoms with Crippen LogP contribution in [-0.4, -0.2) is 43.9 Å². The molecule has 0 aromatic heterocycles. The first-order chi connectivity index (χ1) is 12.9. The molecule has 0 radical (unpaired) electrons. The normalized spacial score (nSPS) is 24.7. The maximum atomic E-state index is 15.4. The molecule has 1 unspecified atom stereocenters. The van der Waals surface area contributed by atoms with Gasteiger partial charge in [-0.3, -0.25) is 15.0 Å². The largest absolute Gasteiger partial charge is 0.385 e. The van der Waals surface area contributed by atoms with Crippen LogP contribution in [0, 0.1) is 11.6 Å². The molecule has 0 spiro atoms. The van der Waals surface area contributed by atoms with Crippen molar-refractivity contribution in [3.8, 4) is 0 Å². The first kappa shape index (κ1) is 21.7. The number of hydrogen-bond acceptors (Lipinski definition) is 5. The van der Waals surface area contributed by atoms with Crippen molar-refractivity contribution in [2.45, 2.75) is 37.8 Å². The summed E-state index contributed by atoms with van der Waals surface area (Å²) in [4.78, 5) is 11.2. The molecule has 5 nitrogen and oxygen atoms in total. The van der Waals surface area contributed by atoms with Gasteiger partial charge in [0.05, 0.1) is 0 Å². The van der Waals surface area contributed by atoms with E-state index in [0.717, 1.165) is 13.0 Å². The molecular weight excluding hydrogens is 376 g/mol. The highest BCUT2D eigenvalue weighted by Gasteiger charge is 2.64. The monoisotopic (exact) mass is 398 g/mol. The molecule has 1 aliphatic rings. The van der Waals surface area contributed by atoms with E-state index in [2.05, 4.69) is 21.7 Å². The fourth-order valence-corrected chi connectivity index (χ4v) is 3.10. The molecular formula is C19H22F4N4O. The highest BCUT2D eigenvalue weighted by molar-refractivity contribution is 6.09. The summed E-state index contributed by atoms with van der Waals surface area (Å²) >= 11 is 0. The van der Waals surface area contributed by atoms with E-state index in [1.807, 2.05) is 0 Å². The molecule has 1 aromatic carbocycles. The molecule has 0 amide bonds. The molecule has 0 bridgehead atoms. The van der Waals surface area contributed by atoms with E-state index in [1.165, 1.54) is 33.3 Å². The zero-order valence-electron chi connectivity index (χ0n) is 16.1. The first-order valence-corrected chi connectivity index (χ1v) is 8.35. The van der Waals surface area contributed by atoms with Crippen molar-refractivity contribution in [2.24, 2.45) is 20.7 Å². The molecule has 0 fully saturated rings. The van der Waals surface area contributed by atoms with Gasteiger partial charge in [-0.15, -0.1) is 0 Å². The summed E-state index contributed by atoms with van der Waals surface area (Å²) in [5.74, 6) is -6.06. The van der Waals surface area contributed by atoms with Crippen molar-refractivity contribution < 1.29 is 22.3 Å². The van der Waals surface area contributed by atoms with Crippen molar-refractivity contribution in [2.75, 3.05) is 13.7 Å². The summed E-state index contributed by atoms with van der Waals surface area (Å²) in [6.07, 6.45) is 2.44. The maximum absolute atomic E-state index is 15.4. The van der Waals surface area contributed by atoms with Crippen molar-refractivity contribution in [1.29, 1.82) is 0 Å². The van der Waals surface area contributed by atoms with Crippen LogP contribution in [0.1, 0.15) is 31.9 Å². The van der Waals surface area contributed by atoms with E-state index < -0.39 is 34.3 Å². The molecule has 1 atom stereocenters. The maximum Gasteiger partial charge on any atom is 0.304 e. The molecule has 1 aromatic rings. The second kappa shape index (κ2) is 7.46. The number of halogens is 4. The fraction of sp³-hybridized carbons (Fsp3) is 0.421. The summed E-state index contributed by atoms with van der Waals surface area (Å²) in [6, 6.07) is 1.49. The Labute approximate surface area is 160 Å². The Morgan fingerprint density at radius 3 is 2.46 bits per heavy atom. The van der Waals surface area contributed by atoms with Crippen molar-refractivity contribution in [3.05, 3.63) is 41.1 Å². The number of benzene rings is 1. The predicted octanol–water partition coefficient (Wildman–Crippen LogP) is 3.72. The number of aliphatic imine (C=N–C) groups is 3.